The summed E-state index contributed by atoms with van der Waals surface area (Å²) in [6, 6.07) is 5.98. The Morgan fingerprint density at radius 3 is 2.20 bits per heavy atom. The number of nitrogens with zero attached hydrogens (tertiary/aromatic N) is 1. The van der Waals surface area contributed by atoms with Crippen LogP contribution in [0.15, 0.2) is 42.7 Å². The maximum absolute atomic E-state index is 13.6. The molecule has 1 aromatic heterocycles. The average Bonchev–Trinajstić information content (AvgIpc) is 2.39. The van der Waals surface area contributed by atoms with Gasteiger partial charge in [0.2, 0.25) is 0 Å². The van der Waals surface area contributed by atoms with Gasteiger partial charge >= 0.3 is 6.18 Å². The van der Waals surface area contributed by atoms with E-state index in [9.17, 15) is 17.6 Å². The van der Waals surface area contributed by atoms with Gasteiger partial charge in [-0.05, 0) is 42.4 Å². The summed E-state index contributed by atoms with van der Waals surface area (Å²) < 4.78 is 51.2. The van der Waals surface area contributed by atoms with Gasteiger partial charge in [0.15, 0.2) is 0 Å². The lowest BCUT2D eigenvalue weighted by Crippen LogP contribution is -2.18. The van der Waals surface area contributed by atoms with Crippen LogP contribution in [0.5, 0.6) is 0 Å². The Hall–Kier alpha value is -1.95. The smallest absolute Gasteiger partial charge is 0.309 e. The van der Waals surface area contributed by atoms with Crippen molar-refractivity contribution in [3.63, 3.8) is 0 Å². The summed E-state index contributed by atoms with van der Waals surface area (Å²) in [5.74, 6) is -1.27. The molecule has 0 radical (unpaired) electrons. The monoisotopic (exact) mass is 284 g/mol. The van der Waals surface area contributed by atoms with Gasteiger partial charge in [-0.2, -0.15) is 13.2 Å². The minimum Gasteiger partial charge on any atom is -0.309 e. The van der Waals surface area contributed by atoms with E-state index in [1.54, 1.807) is 31.6 Å². The normalized spacial score (nSPS) is 13.2. The highest BCUT2D eigenvalue weighted by Gasteiger charge is 2.34. The molecule has 0 aliphatic heterocycles. The van der Waals surface area contributed by atoms with E-state index < -0.39 is 23.6 Å². The van der Waals surface area contributed by atoms with E-state index >= 15 is 0 Å². The zero-order chi connectivity index (χ0) is 14.8. The summed E-state index contributed by atoms with van der Waals surface area (Å²) in [7, 11) is 1.65. The molecule has 0 aliphatic carbocycles. The number of halogens is 4. The number of aromatic nitrogens is 1. The quantitative estimate of drug-likeness (QED) is 0.872. The Balaban J connectivity index is 2.40. The molecule has 2 aromatic rings. The molecule has 1 aromatic carbocycles. The molecule has 6 heteroatoms. The summed E-state index contributed by atoms with van der Waals surface area (Å²) in [5, 5.41) is 2.94. The fourth-order valence-electron chi connectivity index (χ4n) is 2.02. The van der Waals surface area contributed by atoms with E-state index in [-0.39, 0.29) is 0 Å². The van der Waals surface area contributed by atoms with Crippen molar-refractivity contribution in [3.05, 3.63) is 65.2 Å². The van der Waals surface area contributed by atoms with Crippen LogP contribution in [0.25, 0.3) is 0 Å². The lowest BCUT2D eigenvalue weighted by Gasteiger charge is -2.18. The van der Waals surface area contributed by atoms with Crippen LogP contribution in [0.4, 0.5) is 17.6 Å². The molecular weight excluding hydrogens is 272 g/mol. The lowest BCUT2D eigenvalue weighted by molar-refractivity contribution is -0.140. The maximum atomic E-state index is 13.6. The molecular formula is C14H12F4N2. The first kappa shape index (κ1) is 14.5. The van der Waals surface area contributed by atoms with Crippen LogP contribution in [0.2, 0.25) is 0 Å². The van der Waals surface area contributed by atoms with Crippen molar-refractivity contribution in [2.45, 2.75) is 12.2 Å². The predicted molar refractivity (Wildman–Crippen MR) is 66.5 cm³/mol. The fourth-order valence-corrected chi connectivity index (χ4v) is 2.02. The first-order chi connectivity index (χ1) is 9.43. The maximum Gasteiger partial charge on any atom is 0.419 e. The van der Waals surface area contributed by atoms with Gasteiger partial charge in [0, 0.05) is 12.4 Å². The molecule has 0 saturated carbocycles. The molecule has 1 N–H and O–H groups in total. The van der Waals surface area contributed by atoms with Gasteiger partial charge in [-0.1, -0.05) is 6.07 Å². The SMILES string of the molecule is CNC(c1ccncc1)c1ccc(C(F)(F)F)c(F)c1. The zero-order valence-electron chi connectivity index (χ0n) is 10.6. The molecule has 2 rings (SSSR count). The van der Waals surface area contributed by atoms with E-state index in [0.29, 0.717) is 5.56 Å². The Morgan fingerprint density at radius 1 is 1.05 bits per heavy atom. The number of nitrogens with one attached hydrogen (secondary N) is 1. The molecule has 2 nitrogen and oxygen atoms in total. The van der Waals surface area contributed by atoms with Crippen molar-refractivity contribution in [2.24, 2.45) is 0 Å². The standard InChI is InChI=1S/C14H12F4N2/c1-19-13(9-4-6-20-7-5-9)10-2-3-11(12(15)8-10)14(16,17)18/h2-8,13,19H,1H3. The summed E-state index contributed by atoms with van der Waals surface area (Å²) in [4.78, 5) is 3.87. The van der Waals surface area contributed by atoms with Gasteiger partial charge in [0.1, 0.15) is 5.82 Å². The van der Waals surface area contributed by atoms with Gasteiger partial charge in [0.25, 0.3) is 0 Å². The molecule has 0 spiro atoms. The zero-order valence-corrected chi connectivity index (χ0v) is 10.6. The van der Waals surface area contributed by atoms with Crippen LogP contribution in [-0.2, 0) is 6.18 Å². The van der Waals surface area contributed by atoms with E-state index in [1.807, 2.05) is 0 Å². The Labute approximate surface area is 113 Å². The van der Waals surface area contributed by atoms with E-state index in [0.717, 1.165) is 17.7 Å². The number of hydrogen-bond donors (Lipinski definition) is 1. The number of pyridine rings is 1. The first-order valence-electron chi connectivity index (χ1n) is 5.87. The highest BCUT2D eigenvalue weighted by molar-refractivity contribution is 5.34. The lowest BCUT2D eigenvalue weighted by atomic mass is 9.98. The third-order valence-electron chi connectivity index (χ3n) is 2.96. The van der Waals surface area contributed by atoms with Crippen molar-refractivity contribution in [2.75, 3.05) is 7.05 Å². The minimum atomic E-state index is -4.69. The van der Waals surface area contributed by atoms with Crippen LogP contribution in [0.3, 0.4) is 0 Å². The molecule has 1 unspecified atom stereocenters. The van der Waals surface area contributed by atoms with Crippen molar-refractivity contribution in [1.82, 2.24) is 10.3 Å². The highest BCUT2D eigenvalue weighted by atomic mass is 19.4. The van der Waals surface area contributed by atoms with E-state index in [1.165, 1.54) is 6.07 Å². The second-order valence-electron chi connectivity index (χ2n) is 4.24. The number of rotatable bonds is 3. The van der Waals surface area contributed by atoms with E-state index in [2.05, 4.69) is 10.3 Å². The second-order valence-corrected chi connectivity index (χ2v) is 4.24. The molecule has 106 valence electrons. The van der Waals surface area contributed by atoms with Gasteiger partial charge in [-0.3, -0.25) is 4.98 Å². The molecule has 0 saturated heterocycles. The number of hydrogen-bond acceptors (Lipinski definition) is 2. The van der Waals surface area contributed by atoms with Crippen LogP contribution in [-0.4, -0.2) is 12.0 Å². The third-order valence-corrected chi connectivity index (χ3v) is 2.96. The number of alkyl halides is 3. The summed E-state index contributed by atoms with van der Waals surface area (Å²) in [6.45, 7) is 0. The first-order valence-corrected chi connectivity index (χ1v) is 5.87. The average molecular weight is 284 g/mol. The Kier molecular flexibility index (Phi) is 4.04. The molecule has 0 aliphatic rings. The molecule has 0 bridgehead atoms. The van der Waals surface area contributed by atoms with Crippen molar-refractivity contribution < 1.29 is 17.6 Å². The Bertz CT molecular complexity index is 581. The summed E-state index contributed by atoms with van der Waals surface area (Å²) in [5.41, 5.74) is -0.0447. The Morgan fingerprint density at radius 2 is 1.70 bits per heavy atom. The van der Waals surface area contributed by atoms with Crippen molar-refractivity contribution in [1.29, 1.82) is 0 Å². The van der Waals surface area contributed by atoms with Crippen LogP contribution >= 0.6 is 0 Å². The largest absolute Gasteiger partial charge is 0.419 e. The van der Waals surface area contributed by atoms with Crippen LogP contribution in [0.1, 0.15) is 22.7 Å². The molecule has 0 fully saturated rings. The number of benzene rings is 1. The summed E-state index contributed by atoms with van der Waals surface area (Å²) in [6.07, 6.45) is -1.55. The van der Waals surface area contributed by atoms with Crippen LogP contribution < -0.4 is 5.32 Å². The highest BCUT2D eigenvalue weighted by Crippen LogP contribution is 2.33. The van der Waals surface area contributed by atoms with Gasteiger partial charge in [-0.15, -0.1) is 0 Å². The van der Waals surface area contributed by atoms with Gasteiger partial charge < -0.3 is 5.32 Å². The topological polar surface area (TPSA) is 24.9 Å². The van der Waals surface area contributed by atoms with Crippen LogP contribution in [0, 0.1) is 5.82 Å². The van der Waals surface area contributed by atoms with Gasteiger partial charge in [-0.25, -0.2) is 4.39 Å². The van der Waals surface area contributed by atoms with E-state index in [4.69, 9.17) is 0 Å². The molecule has 20 heavy (non-hydrogen) atoms. The third kappa shape index (κ3) is 2.96. The van der Waals surface area contributed by atoms with Crippen molar-refractivity contribution in [3.8, 4) is 0 Å². The summed E-state index contributed by atoms with van der Waals surface area (Å²) >= 11 is 0. The molecule has 1 heterocycles. The van der Waals surface area contributed by atoms with Crippen molar-refractivity contribution >= 4 is 0 Å². The minimum absolute atomic E-state index is 0.394. The van der Waals surface area contributed by atoms with Gasteiger partial charge in [0.05, 0.1) is 11.6 Å². The molecule has 1 atom stereocenters. The molecule has 0 amide bonds. The second kappa shape index (κ2) is 5.58. The fraction of sp³-hybridized carbons (Fsp3) is 0.214. The predicted octanol–water partition coefficient (Wildman–Crippen LogP) is 3.55.